The molecule has 1 spiro atoms. The molecule has 1 saturated carbocycles. The number of rotatable bonds is 16. The number of aliphatic carboxylic acids is 1. The van der Waals surface area contributed by atoms with Gasteiger partial charge in [0.1, 0.15) is 18.8 Å². The van der Waals surface area contributed by atoms with E-state index in [1.54, 1.807) is 0 Å². The van der Waals surface area contributed by atoms with Crippen molar-refractivity contribution in [2.75, 3.05) is 72.3 Å². The fourth-order valence-corrected chi connectivity index (χ4v) is 7.03. The summed E-state index contributed by atoms with van der Waals surface area (Å²) in [6.45, 7) is 14.0. The highest BCUT2D eigenvalue weighted by atomic mass is 16.6. The van der Waals surface area contributed by atoms with E-state index in [0.29, 0.717) is 57.2 Å². The summed E-state index contributed by atoms with van der Waals surface area (Å²) in [6, 6.07) is 14.3. The zero-order valence-corrected chi connectivity index (χ0v) is 28.1. The van der Waals surface area contributed by atoms with Crippen molar-refractivity contribution >= 4 is 17.5 Å². The quantitative estimate of drug-likeness (QED) is 0.206. The highest BCUT2D eigenvalue weighted by molar-refractivity contribution is 6.20. The van der Waals surface area contributed by atoms with Crippen LogP contribution in [0.4, 0.5) is 0 Å². The van der Waals surface area contributed by atoms with Gasteiger partial charge in [0.2, 0.25) is 0 Å². The van der Waals surface area contributed by atoms with Gasteiger partial charge in [-0.05, 0) is 68.7 Å². The number of piperazine rings is 1. The first-order valence-electron chi connectivity index (χ1n) is 16.9. The van der Waals surface area contributed by atoms with E-state index in [0.717, 1.165) is 74.4 Å². The van der Waals surface area contributed by atoms with E-state index in [9.17, 15) is 9.59 Å². The molecule has 2 aromatic carbocycles. The SMILES string of the molecule is Cc1cc(C)c(C2=C(OCc3ccccc3)C3(CCC(OCCN4CCN(CCOCCOCC(=O)O)CC4)CC3)OC2=O)c(C)c1. The van der Waals surface area contributed by atoms with E-state index in [1.165, 1.54) is 5.56 Å². The van der Waals surface area contributed by atoms with Crippen LogP contribution in [0.3, 0.4) is 0 Å². The molecular formula is C37H50N2O8. The Morgan fingerprint density at radius 3 is 2.15 bits per heavy atom. The molecule has 1 N–H and O–H groups in total. The number of hydrogen-bond acceptors (Lipinski definition) is 9. The molecule has 256 valence electrons. The van der Waals surface area contributed by atoms with Gasteiger partial charge in [0.05, 0.1) is 32.5 Å². The molecule has 0 bridgehead atoms. The molecule has 10 heteroatoms. The van der Waals surface area contributed by atoms with E-state index in [2.05, 4.69) is 42.7 Å². The zero-order valence-electron chi connectivity index (χ0n) is 28.1. The number of carboxylic acid groups (broad SMARTS) is 1. The van der Waals surface area contributed by atoms with E-state index in [4.69, 9.17) is 28.8 Å². The molecule has 2 fully saturated rings. The van der Waals surface area contributed by atoms with Crippen LogP contribution in [-0.4, -0.2) is 111 Å². The van der Waals surface area contributed by atoms with Gasteiger partial charge in [-0.3, -0.25) is 9.80 Å². The van der Waals surface area contributed by atoms with Gasteiger partial charge in [-0.1, -0.05) is 48.0 Å². The number of ether oxygens (including phenoxy) is 5. The van der Waals surface area contributed by atoms with Gasteiger partial charge >= 0.3 is 11.9 Å². The molecule has 0 aromatic heterocycles. The van der Waals surface area contributed by atoms with Crippen LogP contribution in [0, 0.1) is 20.8 Å². The van der Waals surface area contributed by atoms with Gasteiger partial charge in [-0.15, -0.1) is 0 Å². The Labute approximate surface area is 278 Å². The first-order chi connectivity index (χ1) is 22.7. The third-order valence-electron chi connectivity index (χ3n) is 9.40. The molecule has 2 aromatic rings. The molecule has 0 radical (unpaired) electrons. The monoisotopic (exact) mass is 650 g/mol. The third-order valence-corrected chi connectivity index (χ3v) is 9.40. The predicted octanol–water partition coefficient (Wildman–Crippen LogP) is 4.53. The highest BCUT2D eigenvalue weighted by Gasteiger charge is 2.52. The molecule has 10 nitrogen and oxygen atoms in total. The Kier molecular flexibility index (Phi) is 12.5. The molecule has 0 unspecified atom stereocenters. The zero-order chi connectivity index (χ0) is 33.2. The normalized spacial score (nSPS) is 22.2. The summed E-state index contributed by atoms with van der Waals surface area (Å²) < 4.78 is 29.8. The fraction of sp³-hybridized carbons (Fsp3) is 0.568. The van der Waals surface area contributed by atoms with Crippen molar-refractivity contribution in [3.63, 3.8) is 0 Å². The standard InChI is InChI=1S/C37H50N2O8/c1-27-23-28(2)33(29(3)24-27)34-35(46-25-30-7-5-4-6-8-30)37(47-36(34)42)11-9-31(10-12-37)45-20-18-39-15-13-38(14-16-39)17-19-43-21-22-44-26-32(40)41/h4-8,23-24,31H,9-22,25-26H2,1-3H3,(H,40,41). The van der Waals surface area contributed by atoms with Crippen molar-refractivity contribution in [3.05, 3.63) is 76.0 Å². The van der Waals surface area contributed by atoms with Gasteiger partial charge in [0.25, 0.3) is 0 Å². The minimum Gasteiger partial charge on any atom is -0.488 e. The van der Waals surface area contributed by atoms with Crippen molar-refractivity contribution in [3.8, 4) is 0 Å². The molecule has 1 saturated heterocycles. The van der Waals surface area contributed by atoms with Gasteiger partial charge in [-0.25, -0.2) is 9.59 Å². The summed E-state index contributed by atoms with van der Waals surface area (Å²) in [6.07, 6.45) is 3.08. The van der Waals surface area contributed by atoms with Crippen LogP contribution in [0.1, 0.15) is 53.5 Å². The van der Waals surface area contributed by atoms with Crippen molar-refractivity contribution < 1.29 is 38.4 Å². The number of esters is 1. The Balaban J connectivity index is 1.10. The number of carbonyl (C=O) groups excluding carboxylic acids is 1. The Bertz CT molecular complexity index is 1350. The van der Waals surface area contributed by atoms with Crippen LogP contribution in [0.5, 0.6) is 0 Å². The van der Waals surface area contributed by atoms with Crippen molar-refractivity contribution in [2.45, 2.75) is 64.8 Å². The van der Waals surface area contributed by atoms with Crippen LogP contribution in [0.2, 0.25) is 0 Å². The summed E-state index contributed by atoms with van der Waals surface area (Å²) in [4.78, 5) is 28.9. The van der Waals surface area contributed by atoms with Crippen LogP contribution in [0.15, 0.2) is 48.2 Å². The highest BCUT2D eigenvalue weighted by Crippen LogP contribution is 2.48. The second-order valence-electron chi connectivity index (χ2n) is 12.9. The Morgan fingerprint density at radius 1 is 0.894 bits per heavy atom. The average Bonchev–Trinajstić information content (AvgIpc) is 3.30. The van der Waals surface area contributed by atoms with Crippen LogP contribution < -0.4 is 0 Å². The molecule has 3 aliphatic rings. The number of aryl methyl sites for hydroxylation is 3. The first kappa shape index (κ1) is 35.0. The maximum atomic E-state index is 13.6. The molecule has 0 amide bonds. The van der Waals surface area contributed by atoms with E-state index >= 15 is 0 Å². The van der Waals surface area contributed by atoms with E-state index in [1.807, 2.05) is 30.3 Å². The largest absolute Gasteiger partial charge is 0.488 e. The second kappa shape index (κ2) is 16.7. The fourth-order valence-electron chi connectivity index (χ4n) is 7.03. The molecule has 47 heavy (non-hydrogen) atoms. The van der Waals surface area contributed by atoms with Crippen LogP contribution >= 0.6 is 0 Å². The molecule has 2 heterocycles. The first-order valence-corrected chi connectivity index (χ1v) is 16.9. The lowest BCUT2D eigenvalue weighted by Crippen LogP contribution is -2.48. The van der Waals surface area contributed by atoms with Crippen LogP contribution in [-0.2, 0) is 39.9 Å². The minimum atomic E-state index is -0.967. The molecule has 5 rings (SSSR count). The van der Waals surface area contributed by atoms with Crippen molar-refractivity contribution in [1.82, 2.24) is 9.80 Å². The minimum absolute atomic E-state index is 0.125. The van der Waals surface area contributed by atoms with E-state index < -0.39 is 11.6 Å². The summed E-state index contributed by atoms with van der Waals surface area (Å²) in [5.41, 5.74) is 5.06. The number of carboxylic acids is 1. The number of benzene rings is 2. The summed E-state index contributed by atoms with van der Waals surface area (Å²) in [5, 5.41) is 8.59. The molecule has 1 aliphatic carbocycles. The molecular weight excluding hydrogens is 600 g/mol. The second-order valence-corrected chi connectivity index (χ2v) is 12.9. The topological polar surface area (TPSA) is 107 Å². The Morgan fingerprint density at radius 2 is 1.51 bits per heavy atom. The number of carbonyl (C=O) groups is 2. The smallest absolute Gasteiger partial charge is 0.343 e. The summed E-state index contributed by atoms with van der Waals surface area (Å²) >= 11 is 0. The van der Waals surface area contributed by atoms with Gasteiger partial charge in [0.15, 0.2) is 11.4 Å². The average molecular weight is 651 g/mol. The van der Waals surface area contributed by atoms with Crippen molar-refractivity contribution in [2.24, 2.45) is 0 Å². The van der Waals surface area contributed by atoms with Gasteiger partial charge < -0.3 is 28.8 Å². The molecule has 2 aliphatic heterocycles. The van der Waals surface area contributed by atoms with Crippen LogP contribution in [0.25, 0.3) is 5.57 Å². The van der Waals surface area contributed by atoms with E-state index in [-0.39, 0.29) is 18.7 Å². The van der Waals surface area contributed by atoms with Crippen molar-refractivity contribution in [1.29, 1.82) is 0 Å². The summed E-state index contributed by atoms with van der Waals surface area (Å²) in [7, 11) is 0. The molecule has 0 atom stereocenters. The third kappa shape index (κ3) is 9.42. The maximum Gasteiger partial charge on any atom is 0.343 e. The van der Waals surface area contributed by atoms with Gasteiger partial charge in [-0.2, -0.15) is 0 Å². The maximum absolute atomic E-state index is 13.6. The predicted molar refractivity (Wildman–Crippen MR) is 178 cm³/mol. The Hall–Kier alpha value is -3.28. The summed E-state index contributed by atoms with van der Waals surface area (Å²) in [5.74, 6) is -0.585. The lowest BCUT2D eigenvalue weighted by atomic mass is 9.80. The lowest BCUT2D eigenvalue weighted by molar-refractivity contribution is -0.153. The number of nitrogens with zero attached hydrogens (tertiary/aromatic N) is 2. The number of hydrogen-bond donors (Lipinski definition) is 1. The lowest BCUT2D eigenvalue weighted by Gasteiger charge is -2.38. The van der Waals surface area contributed by atoms with Gasteiger partial charge in [0, 0.05) is 39.3 Å².